The normalized spacial score (nSPS) is 16.6. The number of carbonyl (C=O) groups is 1. The van der Waals surface area contributed by atoms with Crippen LogP contribution in [0.25, 0.3) is 0 Å². The molecule has 3 N–H and O–H groups in total. The number of amides is 1. The Balaban J connectivity index is 2.18. The summed E-state index contributed by atoms with van der Waals surface area (Å²) in [7, 11) is 0. The van der Waals surface area contributed by atoms with Gasteiger partial charge in [-0.1, -0.05) is 6.92 Å². The largest absolute Gasteiger partial charge is 0.380 e. The van der Waals surface area contributed by atoms with Crippen molar-refractivity contribution in [1.29, 1.82) is 0 Å². The lowest BCUT2D eigenvalue weighted by Gasteiger charge is -2.18. The zero-order valence-corrected chi connectivity index (χ0v) is 9.87. The van der Waals surface area contributed by atoms with Crippen LogP contribution in [0.4, 0.5) is 10.1 Å². The van der Waals surface area contributed by atoms with Crippen LogP contribution in [0.5, 0.6) is 0 Å². The van der Waals surface area contributed by atoms with E-state index in [0.29, 0.717) is 17.2 Å². The average Bonchev–Trinajstić information content (AvgIpc) is 3.11. The van der Waals surface area contributed by atoms with Gasteiger partial charge >= 0.3 is 0 Å². The molecule has 0 bridgehead atoms. The Morgan fingerprint density at radius 2 is 2.29 bits per heavy atom. The molecule has 0 aliphatic heterocycles. The molecule has 0 spiro atoms. The molecular weight excluding hydrogens is 219 g/mol. The average molecular weight is 236 g/mol. The molecule has 1 fully saturated rings. The minimum Gasteiger partial charge on any atom is -0.380 e. The van der Waals surface area contributed by atoms with Crippen LogP contribution in [-0.4, -0.2) is 11.9 Å². The molecule has 2 rings (SSSR count). The van der Waals surface area contributed by atoms with Crippen LogP contribution in [-0.2, 0) is 0 Å². The van der Waals surface area contributed by atoms with Gasteiger partial charge in [-0.05, 0) is 43.4 Å². The monoisotopic (exact) mass is 236 g/mol. The van der Waals surface area contributed by atoms with Crippen LogP contribution in [0.3, 0.4) is 0 Å². The Morgan fingerprint density at radius 1 is 1.59 bits per heavy atom. The third-order valence-corrected chi connectivity index (χ3v) is 3.22. The highest BCUT2D eigenvalue weighted by atomic mass is 19.1. The fraction of sp³-hybridized carbons (Fsp3) is 0.462. The molecular formula is C13H17FN2O. The van der Waals surface area contributed by atoms with Crippen LogP contribution in [0.15, 0.2) is 18.2 Å². The second kappa shape index (κ2) is 4.73. The maximum absolute atomic E-state index is 13.6. The van der Waals surface area contributed by atoms with Crippen molar-refractivity contribution in [2.75, 3.05) is 5.32 Å². The lowest BCUT2D eigenvalue weighted by Crippen LogP contribution is -2.22. The molecule has 4 heteroatoms. The van der Waals surface area contributed by atoms with Crippen molar-refractivity contribution in [3.05, 3.63) is 29.6 Å². The topological polar surface area (TPSA) is 55.1 Å². The van der Waals surface area contributed by atoms with E-state index in [4.69, 9.17) is 5.73 Å². The van der Waals surface area contributed by atoms with Crippen molar-refractivity contribution in [2.24, 2.45) is 11.7 Å². The predicted molar refractivity (Wildman–Crippen MR) is 65.3 cm³/mol. The Kier molecular flexibility index (Phi) is 3.31. The molecule has 1 aromatic carbocycles. The summed E-state index contributed by atoms with van der Waals surface area (Å²) in [5, 5.41) is 3.17. The van der Waals surface area contributed by atoms with E-state index in [1.54, 1.807) is 0 Å². The summed E-state index contributed by atoms with van der Waals surface area (Å²) in [6.45, 7) is 2.08. The zero-order chi connectivity index (χ0) is 12.4. The van der Waals surface area contributed by atoms with Gasteiger partial charge in [0.2, 0.25) is 5.91 Å². The predicted octanol–water partition coefficient (Wildman–Crippen LogP) is 2.53. The number of primary amides is 1. The maximum Gasteiger partial charge on any atom is 0.248 e. The molecule has 0 saturated heterocycles. The first-order chi connectivity index (χ1) is 8.11. The Labute approximate surface area is 100 Å². The van der Waals surface area contributed by atoms with Gasteiger partial charge in [-0.2, -0.15) is 0 Å². The second-order valence-corrected chi connectivity index (χ2v) is 4.56. The van der Waals surface area contributed by atoms with E-state index in [1.165, 1.54) is 31.0 Å². The van der Waals surface area contributed by atoms with Gasteiger partial charge in [0.1, 0.15) is 5.82 Å². The van der Waals surface area contributed by atoms with Crippen molar-refractivity contribution in [1.82, 2.24) is 0 Å². The molecule has 0 aromatic heterocycles. The molecule has 0 radical (unpaired) electrons. The third-order valence-electron chi connectivity index (χ3n) is 3.22. The molecule has 92 valence electrons. The van der Waals surface area contributed by atoms with E-state index in [0.717, 1.165) is 6.42 Å². The number of hydrogen-bond donors (Lipinski definition) is 2. The number of nitrogens with two attached hydrogens (primary N) is 1. The molecule has 1 unspecified atom stereocenters. The van der Waals surface area contributed by atoms with E-state index in [1.807, 2.05) is 0 Å². The SMILES string of the molecule is CCC(Nc1cc(C(N)=O)ccc1F)C1CC1. The number of benzene rings is 1. The van der Waals surface area contributed by atoms with Gasteiger partial charge in [-0.25, -0.2) is 4.39 Å². The summed E-state index contributed by atoms with van der Waals surface area (Å²) < 4.78 is 13.6. The summed E-state index contributed by atoms with van der Waals surface area (Å²) >= 11 is 0. The fourth-order valence-corrected chi connectivity index (χ4v) is 2.04. The minimum atomic E-state index is -0.535. The number of nitrogens with one attached hydrogen (secondary N) is 1. The Hall–Kier alpha value is -1.58. The lowest BCUT2D eigenvalue weighted by atomic mass is 10.1. The van der Waals surface area contributed by atoms with Gasteiger partial charge in [0.25, 0.3) is 0 Å². The summed E-state index contributed by atoms with van der Waals surface area (Å²) in [6.07, 6.45) is 3.34. The van der Waals surface area contributed by atoms with Gasteiger partial charge in [-0.3, -0.25) is 4.79 Å². The minimum absolute atomic E-state index is 0.285. The van der Waals surface area contributed by atoms with E-state index < -0.39 is 5.91 Å². The van der Waals surface area contributed by atoms with Crippen LogP contribution < -0.4 is 11.1 Å². The first-order valence-corrected chi connectivity index (χ1v) is 5.97. The van der Waals surface area contributed by atoms with Crippen LogP contribution in [0, 0.1) is 11.7 Å². The first-order valence-electron chi connectivity index (χ1n) is 5.97. The summed E-state index contributed by atoms with van der Waals surface area (Å²) in [4.78, 5) is 11.0. The van der Waals surface area contributed by atoms with E-state index in [-0.39, 0.29) is 11.9 Å². The lowest BCUT2D eigenvalue weighted by molar-refractivity contribution is 0.100. The van der Waals surface area contributed by atoms with E-state index in [9.17, 15) is 9.18 Å². The third kappa shape index (κ3) is 2.75. The quantitative estimate of drug-likeness (QED) is 0.825. The van der Waals surface area contributed by atoms with Crippen LogP contribution in [0.2, 0.25) is 0 Å². The number of rotatable bonds is 5. The van der Waals surface area contributed by atoms with Crippen LogP contribution in [0.1, 0.15) is 36.5 Å². The van der Waals surface area contributed by atoms with Gasteiger partial charge in [0, 0.05) is 11.6 Å². The van der Waals surface area contributed by atoms with E-state index >= 15 is 0 Å². The molecule has 3 nitrogen and oxygen atoms in total. The molecule has 0 heterocycles. The van der Waals surface area contributed by atoms with E-state index in [2.05, 4.69) is 12.2 Å². The van der Waals surface area contributed by atoms with Gasteiger partial charge < -0.3 is 11.1 Å². The Morgan fingerprint density at radius 3 is 2.82 bits per heavy atom. The summed E-state index contributed by atoms with van der Waals surface area (Å²) in [6, 6.07) is 4.46. The van der Waals surface area contributed by atoms with Gasteiger partial charge in [-0.15, -0.1) is 0 Å². The fourth-order valence-electron chi connectivity index (χ4n) is 2.04. The molecule has 1 atom stereocenters. The smallest absolute Gasteiger partial charge is 0.248 e. The summed E-state index contributed by atoms with van der Waals surface area (Å²) in [5.41, 5.74) is 5.89. The second-order valence-electron chi connectivity index (χ2n) is 4.56. The van der Waals surface area contributed by atoms with Crippen molar-refractivity contribution >= 4 is 11.6 Å². The number of carbonyl (C=O) groups excluding carboxylic acids is 1. The van der Waals surface area contributed by atoms with Crippen molar-refractivity contribution in [2.45, 2.75) is 32.2 Å². The molecule has 1 aromatic rings. The van der Waals surface area contributed by atoms with Gasteiger partial charge in [0.05, 0.1) is 5.69 Å². The first kappa shape index (κ1) is 11.9. The van der Waals surface area contributed by atoms with Crippen LogP contribution >= 0.6 is 0 Å². The maximum atomic E-state index is 13.6. The number of hydrogen-bond acceptors (Lipinski definition) is 2. The molecule has 1 amide bonds. The highest BCUT2D eigenvalue weighted by Crippen LogP contribution is 2.36. The standard InChI is InChI=1S/C13H17FN2O/c1-2-11(8-3-4-8)16-12-7-9(13(15)17)5-6-10(12)14/h5-8,11,16H,2-4H2,1H3,(H2,15,17). The summed E-state index contributed by atoms with van der Waals surface area (Å²) in [5.74, 6) is -0.238. The Bertz CT molecular complexity index is 429. The van der Waals surface area contributed by atoms with Crippen molar-refractivity contribution in [3.8, 4) is 0 Å². The van der Waals surface area contributed by atoms with Crippen molar-refractivity contribution in [3.63, 3.8) is 0 Å². The molecule has 17 heavy (non-hydrogen) atoms. The van der Waals surface area contributed by atoms with Gasteiger partial charge in [0.15, 0.2) is 0 Å². The number of halogens is 1. The molecule has 1 aliphatic carbocycles. The zero-order valence-electron chi connectivity index (χ0n) is 9.87. The molecule has 1 saturated carbocycles. The molecule has 1 aliphatic rings. The highest BCUT2D eigenvalue weighted by molar-refractivity contribution is 5.93. The number of anilines is 1. The highest BCUT2D eigenvalue weighted by Gasteiger charge is 2.30. The van der Waals surface area contributed by atoms with Crippen molar-refractivity contribution < 1.29 is 9.18 Å².